The van der Waals surface area contributed by atoms with Gasteiger partial charge in [-0.1, -0.05) is 6.07 Å². The first-order chi connectivity index (χ1) is 10.3. The second kappa shape index (κ2) is 7.55. The van der Waals surface area contributed by atoms with Crippen molar-refractivity contribution in [1.29, 1.82) is 0 Å². The second-order valence-corrected chi connectivity index (χ2v) is 7.89. The van der Waals surface area contributed by atoms with Gasteiger partial charge in [-0.3, -0.25) is 14.6 Å². The Hall–Kier alpha value is -0.950. The summed E-state index contributed by atoms with van der Waals surface area (Å²) in [7, 11) is 0. The number of β-amino-alcohol motifs (C(OH)–C–C–N with tert-alkyl or cyclic N) is 1. The smallest absolute Gasteiger partial charge is 0.234 e. The second-order valence-electron chi connectivity index (χ2n) is 6.91. The summed E-state index contributed by atoms with van der Waals surface area (Å²) in [6.45, 7) is 10.6. The summed E-state index contributed by atoms with van der Waals surface area (Å²) in [5.74, 6) is 0.0829. The van der Waals surface area contributed by atoms with Crippen molar-refractivity contribution >= 4 is 17.2 Å². The van der Waals surface area contributed by atoms with Gasteiger partial charge in [-0.2, -0.15) is 0 Å². The van der Waals surface area contributed by atoms with Gasteiger partial charge in [0.05, 0.1) is 6.54 Å². The van der Waals surface area contributed by atoms with Gasteiger partial charge in [0.1, 0.15) is 6.10 Å². The van der Waals surface area contributed by atoms with E-state index >= 15 is 0 Å². The van der Waals surface area contributed by atoms with Crippen molar-refractivity contribution in [1.82, 2.24) is 15.1 Å². The molecule has 1 aliphatic rings. The van der Waals surface area contributed by atoms with E-state index in [-0.39, 0.29) is 11.4 Å². The topological polar surface area (TPSA) is 55.8 Å². The van der Waals surface area contributed by atoms with E-state index in [0.717, 1.165) is 31.1 Å². The Morgan fingerprint density at radius 2 is 1.95 bits per heavy atom. The van der Waals surface area contributed by atoms with E-state index < -0.39 is 6.10 Å². The van der Waals surface area contributed by atoms with Crippen molar-refractivity contribution in [3.8, 4) is 0 Å². The highest BCUT2D eigenvalue weighted by Gasteiger charge is 2.22. The highest BCUT2D eigenvalue weighted by atomic mass is 32.1. The van der Waals surface area contributed by atoms with Gasteiger partial charge >= 0.3 is 0 Å². The van der Waals surface area contributed by atoms with Crippen molar-refractivity contribution in [3.05, 3.63) is 22.4 Å². The van der Waals surface area contributed by atoms with Crippen LogP contribution in [-0.2, 0) is 4.79 Å². The SMILES string of the molecule is CC(C)(C)NC(=O)CN1CCN(C[C@@H](O)c2cccs2)CC1. The highest BCUT2D eigenvalue weighted by Crippen LogP contribution is 2.20. The lowest BCUT2D eigenvalue weighted by Crippen LogP contribution is -2.52. The summed E-state index contributed by atoms with van der Waals surface area (Å²) in [6.07, 6.45) is -0.407. The molecule has 0 bridgehead atoms. The van der Waals surface area contributed by atoms with E-state index in [1.807, 2.05) is 38.3 Å². The summed E-state index contributed by atoms with van der Waals surface area (Å²) in [4.78, 5) is 17.4. The van der Waals surface area contributed by atoms with Gasteiger partial charge in [-0.15, -0.1) is 11.3 Å². The molecule has 0 aromatic carbocycles. The van der Waals surface area contributed by atoms with Gasteiger partial charge in [0.25, 0.3) is 0 Å². The largest absolute Gasteiger partial charge is 0.386 e. The van der Waals surface area contributed by atoms with Gasteiger partial charge in [0.15, 0.2) is 0 Å². The van der Waals surface area contributed by atoms with Crippen molar-refractivity contribution in [2.75, 3.05) is 39.3 Å². The van der Waals surface area contributed by atoms with Gasteiger partial charge in [0.2, 0.25) is 5.91 Å². The zero-order valence-corrected chi connectivity index (χ0v) is 14.5. The summed E-state index contributed by atoms with van der Waals surface area (Å²) in [6, 6.07) is 3.94. The number of carbonyl (C=O) groups excluding carboxylic acids is 1. The summed E-state index contributed by atoms with van der Waals surface area (Å²) in [5.41, 5.74) is -0.177. The fourth-order valence-corrected chi connectivity index (χ4v) is 3.31. The first-order valence-electron chi connectivity index (χ1n) is 7.81. The van der Waals surface area contributed by atoms with Crippen LogP contribution in [0.3, 0.4) is 0 Å². The number of amides is 1. The first kappa shape index (κ1) is 17.4. The standard InChI is InChI=1S/C16H27N3O2S/c1-16(2,3)17-15(21)12-19-8-6-18(7-9-19)11-13(20)14-5-4-10-22-14/h4-5,10,13,20H,6-9,11-12H2,1-3H3,(H,17,21)/t13-/m1/s1. The van der Waals surface area contributed by atoms with E-state index in [0.29, 0.717) is 13.1 Å². The molecule has 2 N–H and O–H groups in total. The zero-order valence-electron chi connectivity index (χ0n) is 13.7. The molecule has 1 aromatic rings. The van der Waals surface area contributed by atoms with E-state index in [9.17, 15) is 9.90 Å². The van der Waals surface area contributed by atoms with Crippen LogP contribution in [0.15, 0.2) is 17.5 Å². The maximum Gasteiger partial charge on any atom is 0.234 e. The number of piperazine rings is 1. The average Bonchev–Trinajstić information content (AvgIpc) is 2.92. The van der Waals surface area contributed by atoms with E-state index in [1.165, 1.54) is 0 Å². The third kappa shape index (κ3) is 5.68. The molecule has 1 atom stereocenters. The number of carbonyl (C=O) groups is 1. The molecular weight excluding hydrogens is 298 g/mol. The number of hydrogen-bond acceptors (Lipinski definition) is 5. The molecule has 2 rings (SSSR count). The Bertz CT molecular complexity index is 462. The lowest BCUT2D eigenvalue weighted by molar-refractivity contribution is -0.124. The number of aliphatic hydroxyl groups excluding tert-OH is 1. The van der Waals surface area contributed by atoms with Crippen LogP contribution >= 0.6 is 11.3 Å². The van der Waals surface area contributed by atoms with Crippen LogP contribution < -0.4 is 5.32 Å². The normalized spacial score (nSPS) is 19.1. The van der Waals surface area contributed by atoms with Gasteiger partial charge in [-0.25, -0.2) is 0 Å². The number of aliphatic hydroxyl groups is 1. The van der Waals surface area contributed by atoms with Crippen molar-refractivity contribution in [2.24, 2.45) is 0 Å². The number of nitrogens with one attached hydrogen (secondary N) is 1. The average molecular weight is 325 g/mol. The van der Waals surface area contributed by atoms with Crippen molar-refractivity contribution in [3.63, 3.8) is 0 Å². The Morgan fingerprint density at radius 3 is 2.50 bits per heavy atom. The molecule has 6 heteroatoms. The van der Waals surface area contributed by atoms with Gasteiger partial charge in [-0.05, 0) is 32.2 Å². The molecule has 1 amide bonds. The molecule has 0 aliphatic carbocycles. The minimum Gasteiger partial charge on any atom is -0.386 e. The summed E-state index contributed by atoms with van der Waals surface area (Å²) >= 11 is 1.59. The van der Waals surface area contributed by atoms with Crippen LogP contribution in [0.25, 0.3) is 0 Å². The maximum atomic E-state index is 11.9. The molecule has 5 nitrogen and oxygen atoms in total. The van der Waals surface area contributed by atoms with Crippen LogP contribution in [-0.4, -0.2) is 65.6 Å². The Labute approximate surface area is 136 Å². The van der Waals surface area contributed by atoms with Gasteiger partial charge < -0.3 is 10.4 Å². The Morgan fingerprint density at radius 1 is 1.32 bits per heavy atom. The number of rotatable bonds is 5. The fourth-order valence-electron chi connectivity index (χ4n) is 2.61. The molecular formula is C16H27N3O2S. The van der Waals surface area contributed by atoms with E-state index in [4.69, 9.17) is 0 Å². The minimum absolute atomic E-state index is 0.0829. The zero-order chi connectivity index (χ0) is 16.2. The lowest BCUT2D eigenvalue weighted by atomic mass is 10.1. The number of hydrogen-bond donors (Lipinski definition) is 2. The molecule has 1 fully saturated rings. The van der Waals surface area contributed by atoms with E-state index in [1.54, 1.807) is 11.3 Å². The van der Waals surface area contributed by atoms with Crippen LogP contribution in [0.4, 0.5) is 0 Å². The van der Waals surface area contributed by atoms with Crippen LogP contribution in [0.5, 0.6) is 0 Å². The molecule has 22 heavy (non-hydrogen) atoms. The fraction of sp³-hybridized carbons (Fsp3) is 0.688. The predicted molar refractivity (Wildman–Crippen MR) is 90.1 cm³/mol. The van der Waals surface area contributed by atoms with Crippen LogP contribution in [0, 0.1) is 0 Å². The predicted octanol–water partition coefficient (Wildman–Crippen LogP) is 1.31. The Kier molecular flexibility index (Phi) is 5.97. The van der Waals surface area contributed by atoms with Crippen LogP contribution in [0.1, 0.15) is 31.8 Å². The quantitative estimate of drug-likeness (QED) is 0.857. The Balaban J connectivity index is 1.70. The molecule has 1 aromatic heterocycles. The summed E-state index contributed by atoms with van der Waals surface area (Å²) < 4.78 is 0. The molecule has 0 radical (unpaired) electrons. The molecule has 2 heterocycles. The molecule has 0 saturated carbocycles. The molecule has 0 unspecified atom stereocenters. The summed E-state index contributed by atoms with van der Waals surface area (Å²) in [5, 5.41) is 15.2. The highest BCUT2D eigenvalue weighted by molar-refractivity contribution is 7.10. The molecule has 1 saturated heterocycles. The van der Waals surface area contributed by atoms with Crippen molar-refractivity contribution < 1.29 is 9.90 Å². The number of thiophene rings is 1. The minimum atomic E-state index is -0.407. The van der Waals surface area contributed by atoms with Gasteiger partial charge in [0, 0.05) is 43.1 Å². The number of nitrogens with zero attached hydrogens (tertiary/aromatic N) is 2. The van der Waals surface area contributed by atoms with Crippen LogP contribution in [0.2, 0.25) is 0 Å². The van der Waals surface area contributed by atoms with E-state index in [2.05, 4.69) is 15.1 Å². The third-order valence-electron chi connectivity index (χ3n) is 3.65. The molecule has 124 valence electrons. The monoisotopic (exact) mass is 325 g/mol. The first-order valence-corrected chi connectivity index (χ1v) is 8.68. The third-order valence-corrected chi connectivity index (χ3v) is 4.62. The molecule has 0 spiro atoms. The molecule has 1 aliphatic heterocycles. The van der Waals surface area contributed by atoms with Crippen molar-refractivity contribution in [2.45, 2.75) is 32.4 Å². The lowest BCUT2D eigenvalue weighted by Gasteiger charge is -2.35. The maximum absolute atomic E-state index is 11.9.